The number of esters is 1. The van der Waals surface area contributed by atoms with E-state index in [9.17, 15) is 10.1 Å². The van der Waals surface area contributed by atoms with E-state index in [1.165, 1.54) is 5.56 Å². The van der Waals surface area contributed by atoms with E-state index < -0.39 is 5.60 Å². The highest BCUT2D eigenvalue weighted by Gasteiger charge is 2.24. The summed E-state index contributed by atoms with van der Waals surface area (Å²) in [4.78, 5) is 18.6. The molecule has 38 heavy (non-hydrogen) atoms. The highest BCUT2D eigenvalue weighted by atomic mass is 16.6. The van der Waals surface area contributed by atoms with E-state index >= 15 is 0 Å². The molecule has 1 aliphatic heterocycles. The van der Waals surface area contributed by atoms with E-state index in [4.69, 9.17) is 14.0 Å². The van der Waals surface area contributed by atoms with E-state index in [0.29, 0.717) is 48.2 Å². The number of hydrogen-bond acceptors (Lipinski definition) is 9. The van der Waals surface area contributed by atoms with Crippen LogP contribution in [0.5, 0.6) is 5.75 Å². The number of nitriles is 1. The van der Waals surface area contributed by atoms with Crippen molar-refractivity contribution in [2.24, 2.45) is 0 Å². The van der Waals surface area contributed by atoms with Gasteiger partial charge in [-0.15, -0.1) is 0 Å². The maximum absolute atomic E-state index is 11.9. The molecule has 2 heterocycles. The second kappa shape index (κ2) is 11.7. The van der Waals surface area contributed by atoms with Crippen LogP contribution < -0.4 is 15.0 Å². The summed E-state index contributed by atoms with van der Waals surface area (Å²) in [5.74, 6) is 1.19. The number of fused-ring (bicyclic) bond motifs is 1. The summed E-state index contributed by atoms with van der Waals surface area (Å²) in [5, 5.41) is 17.2. The number of nitrogens with zero attached hydrogens (tertiary/aromatic N) is 4. The molecule has 0 atom stereocenters. The Bertz CT molecular complexity index is 1320. The Balaban J connectivity index is 1.43. The molecule has 0 aliphatic carbocycles. The summed E-state index contributed by atoms with van der Waals surface area (Å²) in [6, 6.07) is 13.8. The van der Waals surface area contributed by atoms with Gasteiger partial charge in [0.2, 0.25) is 0 Å². The molecule has 3 aromatic rings. The summed E-state index contributed by atoms with van der Waals surface area (Å²) in [6.45, 7) is 11.5. The van der Waals surface area contributed by atoms with Gasteiger partial charge in [-0.05, 0) is 88.0 Å². The van der Waals surface area contributed by atoms with Crippen molar-refractivity contribution < 1.29 is 18.8 Å². The van der Waals surface area contributed by atoms with Crippen LogP contribution in [0.4, 0.5) is 11.6 Å². The second-order valence-corrected chi connectivity index (χ2v) is 10.6. The van der Waals surface area contributed by atoms with Gasteiger partial charge in [0.25, 0.3) is 11.8 Å². The lowest BCUT2D eigenvalue weighted by Gasteiger charge is -2.28. The number of carbonyl (C=O) groups excluding carboxylic acids is 1. The van der Waals surface area contributed by atoms with Gasteiger partial charge in [0.05, 0.1) is 23.7 Å². The minimum atomic E-state index is -0.466. The Kier molecular flexibility index (Phi) is 8.32. The highest BCUT2D eigenvalue weighted by molar-refractivity contribution is 5.70. The quantitative estimate of drug-likeness (QED) is 0.298. The molecular weight excluding hydrogens is 482 g/mol. The van der Waals surface area contributed by atoms with Crippen molar-refractivity contribution in [3.05, 3.63) is 53.1 Å². The molecular formula is C29H35N5O4. The number of aryl methyl sites for hydroxylation is 1. The predicted octanol–water partition coefficient (Wildman–Crippen LogP) is 5.30. The largest absolute Gasteiger partial charge is 0.491 e. The molecule has 0 saturated carbocycles. The molecule has 0 spiro atoms. The lowest BCUT2D eigenvalue weighted by atomic mass is 9.99. The Morgan fingerprint density at radius 3 is 2.79 bits per heavy atom. The summed E-state index contributed by atoms with van der Waals surface area (Å²) in [6.07, 6.45) is 2.25. The Hall–Kier alpha value is -3.90. The molecule has 0 unspecified atom stereocenters. The molecule has 1 N–H and O–H groups in total. The molecule has 1 aromatic heterocycles. The zero-order valence-corrected chi connectivity index (χ0v) is 22.7. The number of aromatic nitrogens is 2. The molecule has 0 fully saturated rings. The molecule has 9 nitrogen and oxygen atoms in total. The molecule has 2 aromatic carbocycles. The first-order valence-electron chi connectivity index (χ1n) is 13.0. The second-order valence-electron chi connectivity index (χ2n) is 10.6. The lowest BCUT2D eigenvalue weighted by Crippen LogP contribution is -2.27. The standard InChI is InChI=1S/C29H35N5O4/c1-19(2)36-23-9-10-24(22(16-23)17-30)27-32-28(33-38-27)34-14-6-7-21-15-20(8-11-25(21)34)18-31-13-12-26(35)37-29(3,4)5/h8-11,15-16,19,31H,6-7,12-14,18H2,1-5H3. The number of benzene rings is 2. The fourth-order valence-electron chi connectivity index (χ4n) is 4.37. The Labute approximate surface area is 223 Å². The monoisotopic (exact) mass is 517 g/mol. The van der Waals surface area contributed by atoms with Crippen molar-refractivity contribution in [3.8, 4) is 23.3 Å². The average molecular weight is 518 g/mol. The Morgan fingerprint density at radius 2 is 2.05 bits per heavy atom. The smallest absolute Gasteiger partial charge is 0.307 e. The zero-order valence-electron chi connectivity index (χ0n) is 22.7. The number of rotatable bonds is 9. The number of nitrogens with one attached hydrogen (secondary N) is 1. The number of ether oxygens (including phenoxy) is 2. The number of hydrogen-bond donors (Lipinski definition) is 1. The van der Waals surface area contributed by atoms with E-state index in [1.807, 2.05) is 39.5 Å². The van der Waals surface area contributed by atoms with Gasteiger partial charge in [0.15, 0.2) is 0 Å². The van der Waals surface area contributed by atoms with Crippen LogP contribution in [0.2, 0.25) is 0 Å². The van der Waals surface area contributed by atoms with Gasteiger partial charge < -0.3 is 24.2 Å². The van der Waals surface area contributed by atoms with Crippen molar-refractivity contribution in [2.45, 2.75) is 72.1 Å². The third-order valence-electron chi connectivity index (χ3n) is 5.89. The molecule has 0 bridgehead atoms. The fraction of sp³-hybridized carbons (Fsp3) is 0.448. The molecule has 1 aliphatic rings. The normalized spacial score (nSPS) is 13.2. The number of anilines is 2. The van der Waals surface area contributed by atoms with Crippen LogP contribution >= 0.6 is 0 Å². The molecule has 9 heteroatoms. The highest BCUT2D eigenvalue weighted by Crippen LogP contribution is 2.34. The van der Waals surface area contributed by atoms with E-state index in [-0.39, 0.29) is 12.1 Å². The first-order chi connectivity index (χ1) is 18.1. The van der Waals surface area contributed by atoms with Crippen molar-refractivity contribution in [1.82, 2.24) is 15.5 Å². The minimum absolute atomic E-state index is 0.00935. The van der Waals surface area contributed by atoms with Crippen LogP contribution in [0, 0.1) is 11.3 Å². The van der Waals surface area contributed by atoms with Crippen LogP contribution in [0.15, 0.2) is 40.9 Å². The topological polar surface area (TPSA) is 114 Å². The molecule has 0 amide bonds. The third kappa shape index (κ3) is 6.90. The van der Waals surface area contributed by atoms with Crippen LogP contribution in [0.25, 0.3) is 11.5 Å². The van der Waals surface area contributed by atoms with Crippen molar-refractivity contribution in [2.75, 3.05) is 18.0 Å². The van der Waals surface area contributed by atoms with E-state index in [1.54, 1.807) is 18.2 Å². The van der Waals surface area contributed by atoms with Crippen molar-refractivity contribution in [1.29, 1.82) is 5.26 Å². The predicted molar refractivity (Wildman–Crippen MR) is 144 cm³/mol. The molecule has 0 radical (unpaired) electrons. The van der Waals surface area contributed by atoms with Crippen LogP contribution in [-0.2, 0) is 22.5 Å². The maximum Gasteiger partial charge on any atom is 0.307 e. The molecule has 200 valence electrons. The Morgan fingerprint density at radius 1 is 1.24 bits per heavy atom. The molecule has 0 saturated heterocycles. The van der Waals surface area contributed by atoms with Gasteiger partial charge in [-0.2, -0.15) is 10.2 Å². The summed E-state index contributed by atoms with van der Waals surface area (Å²) >= 11 is 0. The average Bonchev–Trinajstić information content (AvgIpc) is 3.34. The summed E-state index contributed by atoms with van der Waals surface area (Å²) in [5.41, 5.74) is 3.93. The van der Waals surface area contributed by atoms with Gasteiger partial charge in [0.1, 0.15) is 17.4 Å². The van der Waals surface area contributed by atoms with Crippen molar-refractivity contribution in [3.63, 3.8) is 0 Å². The SMILES string of the molecule is CC(C)Oc1ccc(-c2nc(N3CCCc4cc(CNCCC(=O)OC(C)(C)C)ccc43)no2)c(C#N)c1. The fourth-order valence-corrected chi connectivity index (χ4v) is 4.37. The summed E-state index contributed by atoms with van der Waals surface area (Å²) in [7, 11) is 0. The maximum atomic E-state index is 11.9. The third-order valence-corrected chi connectivity index (χ3v) is 5.89. The van der Waals surface area contributed by atoms with Gasteiger partial charge >= 0.3 is 5.97 Å². The zero-order chi connectivity index (χ0) is 27.3. The first-order valence-corrected chi connectivity index (χ1v) is 13.0. The van der Waals surface area contributed by atoms with Crippen molar-refractivity contribution >= 4 is 17.6 Å². The molecule has 4 rings (SSSR count). The van der Waals surface area contributed by atoms with Crippen LogP contribution in [-0.4, -0.2) is 40.9 Å². The first kappa shape index (κ1) is 27.1. The summed E-state index contributed by atoms with van der Waals surface area (Å²) < 4.78 is 16.6. The minimum Gasteiger partial charge on any atom is -0.491 e. The van der Waals surface area contributed by atoms with E-state index in [0.717, 1.165) is 30.6 Å². The lowest BCUT2D eigenvalue weighted by molar-refractivity contribution is -0.154. The van der Waals surface area contributed by atoms with Gasteiger partial charge in [-0.25, -0.2) is 0 Å². The van der Waals surface area contributed by atoms with Crippen LogP contribution in [0.1, 0.15) is 64.2 Å². The van der Waals surface area contributed by atoms with Gasteiger partial charge in [-0.3, -0.25) is 4.79 Å². The van der Waals surface area contributed by atoms with Gasteiger partial charge in [-0.1, -0.05) is 12.1 Å². The van der Waals surface area contributed by atoms with Crippen LogP contribution in [0.3, 0.4) is 0 Å². The number of carbonyl (C=O) groups is 1. The van der Waals surface area contributed by atoms with E-state index in [2.05, 4.69) is 39.7 Å². The van der Waals surface area contributed by atoms with Gasteiger partial charge in [0, 0.05) is 25.3 Å².